The fourth-order valence-electron chi connectivity index (χ4n) is 2.15. The Bertz CT molecular complexity index is 237. The second kappa shape index (κ2) is 6.47. The molecule has 1 fully saturated rings. The minimum atomic E-state index is -0.459. The molecule has 1 aliphatic carbocycles. The van der Waals surface area contributed by atoms with E-state index in [1.807, 2.05) is 18.8 Å². The minimum Gasteiger partial charge on any atom is -0.468 e. The van der Waals surface area contributed by atoms with Crippen LogP contribution in [0.5, 0.6) is 0 Å². The molecule has 0 aromatic carbocycles. The van der Waals surface area contributed by atoms with Gasteiger partial charge < -0.3 is 14.8 Å². The molecule has 2 atom stereocenters. The molecular weight excluding hydrogens is 226 g/mol. The average molecular weight is 247 g/mol. The zero-order valence-electron chi connectivity index (χ0n) is 10.2. The Balaban J connectivity index is 2.44. The predicted molar refractivity (Wildman–Crippen MR) is 65.8 cm³/mol. The van der Waals surface area contributed by atoms with E-state index in [2.05, 4.69) is 5.32 Å². The van der Waals surface area contributed by atoms with E-state index in [9.17, 15) is 4.79 Å². The zero-order chi connectivity index (χ0) is 12.0. The predicted octanol–water partition coefficient (Wildman–Crippen LogP) is 1.05. The third-order valence-electron chi connectivity index (χ3n) is 3.16. The summed E-state index contributed by atoms with van der Waals surface area (Å²) in [5.74, 6) is 0.854. The fraction of sp³-hybridized carbons (Fsp3) is 0.909. The number of hydrogen-bond donors (Lipinski definition) is 1. The van der Waals surface area contributed by atoms with Crippen molar-refractivity contribution >= 4 is 17.7 Å². The van der Waals surface area contributed by atoms with Gasteiger partial charge in [0, 0.05) is 18.1 Å². The van der Waals surface area contributed by atoms with Crippen LogP contribution in [-0.4, -0.2) is 50.4 Å². The van der Waals surface area contributed by atoms with Crippen molar-refractivity contribution in [2.24, 2.45) is 0 Å². The molecule has 0 spiro atoms. The third kappa shape index (κ3) is 3.12. The molecule has 1 saturated carbocycles. The van der Waals surface area contributed by atoms with E-state index in [1.54, 1.807) is 7.11 Å². The first-order chi connectivity index (χ1) is 7.68. The SMILES string of the molecule is CNC1(C(=O)OC)CCC(SCCOC)C1. The van der Waals surface area contributed by atoms with Gasteiger partial charge in [-0.2, -0.15) is 11.8 Å². The van der Waals surface area contributed by atoms with Crippen LogP contribution < -0.4 is 5.32 Å². The number of likely N-dealkylation sites (N-methyl/N-ethyl adjacent to an activating group) is 1. The van der Waals surface area contributed by atoms with Gasteiger partial charge in [0.15, 0.2) is 0 Å². The topological polar surface area (TPSA) is 47.6 Å². The van der Waals surface area contributed by atoms with Gasteiger partial charge in [-0.25, -0.2) is 0 Å². The fourth-order valence-corrected chi connectivity index (χ4v) is 3.43. The third-order valence-corrected chi connectivity index (χ3v) is 4.44. The molecular formula is C11H21NO3S. The molecule has 1 N–H and O–H groups in total. The van der Waals surface area contributed by atoms with Gasteiger partial charge in [-0.15, -0.1) is 0 Å². The first kappa shape index (κ1) is 13.8. The van der Waals surface area contributed by atoms with Crippen molar-refractivity contribution in [3.63, 3.8) is 0 Å². The van der Waals surface area contributed by atoms with E-state index in [1.165, 1.54) is 7.11 Å². The number of thioether (sulfide) groups is 1. The van der Waals surface area contributed by atoms with Gasteiger partial charge in [0.05, 0.1) is 13.7 Å². The number of esters is 1. The lowest BCUT2D eigenvalue weighted by Crippen LogP contribution is -2.49. The Morgan fingerprint density at radius 2 is 2.31 bits per heavy atom. The number of rotatable bonds is 6. The van der Waals surface area contributed by atoms with Crippen molar-refractivity contribution < 1.29 is 14.3 Å². The van der Waals surface area contributed by atoms with Crippen LogP contribution >= 0.6 is 11.8 Å². The Kier molecular flexibility index (Phi) is 5.58. The molecule has 0 amide bonds. The van der Waals surface area contributed by atoms with Gasteiger partial charge in [0.1, 0.15) is 5.54 Å². The van der Waals surface area contributed by atoms with Gasteiger partial charge in [-0.1, -0.05) is 0 Å². The van der Waals surface area contributed by atoms with Crippen LogP contribution in [0.3, 0.4) is 0 Å². The molecule has 0 heterocycles. The summed E-state index contributed by atoms with van der Waals surface area (Å²) < 4.78 is 9.89. The highest BCUT2D eigenvalue weighted by Gasteiger charge is 2.45. The van der Waals surface area contributed by atoms with Gasteiger partial charge in [-0.05, 0) is 26.3 Å². The molecule has 16 heavy (non-hydrogen) atoms. The van der Waals surface area contributed by atoms with Crippen molar-refractivity contribution in [3.05, 3.63) is 0 Å². The maximum absolute atomic E-state index is 11.7. The first-order valence-electron chi connectivity index (χ1n) is 5.56. The van der Waals surface area contributed by atoms with Gasteiger partial charge in [-0.3, -0.25) is 4.79 Å². The van der Waals surface area contributed by atoms with Gasteiger partial charge >= 0.3 is 5.97 Å². The number of nitrogens with one attached hydrogen (secondary N) is 1. The quantitative estimate of drug-likeness (QED) is 0.561. The molecule has 94 valence electrons. The molecule has 1 rings (SSSR count). The number of hydrogen-bond acceptors (Lipinski definition) is 5. The van der Waals surface area contributed by atoms with E-state index in [4.69, 9.17) is 9.47 Å². The van der Waals surface area contributed by atoms with E-state index in [-0.39, 0.29) is 5.97 Å². The maximum atomic E-state index is 11.7. The van der Waals surface area contributed by atoms with Crippen LogP contribution in [0.25, 0.3) is 0 Å². The Morgan fingerprint density at radius 3 is 2.88 bits per heavy atom. The monoisotopic (exact) mass is 247 g/mol. The molecule has 0 radical (unpaired) electrons. The van der Waals surface area contributed by atoms with Crippen molar-refractivity contribution in [2.75, 3.05) is 33.6 Å². The number of ether oxygens (including phenoxy) is 2. The van der Waals surface area contributed by atoms with E-state index in [0.29, 0.717) is 5.25 Å². The van der Waals surface area contributed by atoms with Crippen LogP contribution in [0.15, 0.2) is 0 Å². The standard InChI is InChI=1S/C11H21NO3S/c1-12-11(10(13)15-3)5-4-9(8-11)16-7-6-14-2/h9,12H,4-8H2,1-3H3. The summed E-state index contributed by atoms with van der Waals surface area (Å²) in [4.78, 5) is 11.7. The largest absolute Gasteiger partial charge is 0.468 e. The van der Waals surface area contributed by atoms with Crippen LogP contribution in [-0.2, 0) is 14.3 Å². The molecule has 4 nitrogen and oxygen atoms in total. The summed E-state index contributed by atoms with van der Waals surface area (Å²) in [5.41, 5.74) is -0.459. The van der Waals surface area contributed by atoms with Gasteiger partial charge in [0.25, 0.3) is 0 Å². The van der Waals surface area contributed by atoms with Crippen molar-refractivity contribution in [1.82, 2.24) is 5.32 Å². The smallest absolute Gasteiger partial charge is 0.326 e. The van der Waals surface area contributed by atoms with Crippen LogP contribution in [0.2, 0.25) is 0 Å². The highest BCUT2D eigenvalue weighted by atomic mass is 32.2. The lowest BCUT2D eigenvalue weighted by Gasteiger charge is -2.25. The Hall–Kier alpha value is -0.260. The normalized spacial score (nSPS) is 29.3. The van der Waals surface area contributed by atoms with Crippen LogP contribution in [0.4, 0.5) is 0 Å². The average Bonchev–Trinajstić information content (AvgIpc) is 2.73. The summed E-state index contributed by atoms with van der Waals surface area (Å²) in [6.07, 6.45) is 2.77. The van der Waals surface area contributed by atoms with E-state index >= 15 is 0 Å². The zero-order valence-corrected chi connectivity index (χ0v) is 11.1. The first-order valence-corrected chi connectivity index (χ1v) is 6.61. The highest BCUT2D eigenvalue weighted by Crippen LogP contribution is 2.37. The van der Waals surface area contributed by atoms with Crippen LogP contribution in [0.1, 0.15) is 19.3 Å². The summed E-state index contributed by atoms with van der Waals surface area (Å²) in [6.45, 7) is 0.770. The minimum absolute atomic E-state index is 0.134. The van der Waals surface area contributed by atoms with Crippen molar-refractivity contribution in [3.8, 4) is 0 Å². The van der Waals surface area contributed by atoms with E-state index in [0.717, 1.165) is 31.6 Å². The number of methoxy groups -OCH3 is 2. The van der Waals surface area contributed by atoms with Gasteiger partial charge in [0.2, 0.25) is 0 Å². The number of carbonyl (C=O) groups is 1. The Labute approximate surface area is 101 Å². The molecule has 2 unspecified atom stereocenters. The summed E-state index contributed by atoms with van der Waals surface area (Å²) in [7, 11) is 4.99. The Morgan fingerprint density at radius 1 is 1.56 bits per heavy atom. The highest BCUT2D eigenvalue weighted by molar-refractivity contribution is 7.99. The van der Waals surface area contributed by atoms with Crippen molar-refractivity contribution in [2.45, 2.75) is 30.1 Å². The molecule has 0 aromatic heterocycles. The lowest BCUT2D eigenvalue weighted by molar-refractivity contribution is -0.148. The molecule has 5 heteroatoms. The van der Waals surface area contributed by atoms with E-state index < -0.39 is 5.54 Å². The molecule has 0 aliphatic heterocycles. The van der Waals surface area contributed by atoms with Crippen molar-refractivity contribution in [1.29, 1.82) is 0 Å². The van der Waals surface area contributed by atoms with Crippen LogP contribution in [0, 0.1) is 0 Å². The number of carbonyl (C=O) groups excluding carboxylic acids is 1. The second-order valence-electron chi connectivity index (χ2n) is 4.05. The second-order valence-corrected chi connectivity index (χ2v) is 5.46. The summed E-state index contributed by atoms with van der Waals surface area (Å²) >= 11 is 1.88. The lowest BCUT2D eigenvalue weighted by atomic mass is 9.98. The summed E-state index contributed by atoms with van der Waals surface area (Å²) in [5, 5.41) is 3.66. The summed E-state index contributed by atoms with van der Waals surface area (Å²) in [6, 6.07) is 0. The molecule has 0 bridgehead atoms. The molecule has 0 saturated heterocycles. The molecule has 1 aliphatic rings. The maximum Gasteiger partial charge on any atom is 0.326 e. The molecule has 0 aromatic rings.